The molecule has 0 fully saturated rings. The molecular formula is C14H10N2O3S. The third-order valence-corrected chi connectivity index (χ3v) is 3.91. The Morgan fingerprint density at radius 3 is 2.95 bits per heavy atom. The quantitative estimate of drug-likeness (QED) is 0.811. The van der Waals surface area contributed by atoms with E-state index in [9.17, 15) is 10.1 Å². The molecule has 20 heavy (non-hydrogen) atoms. The molecule has 2 heterocycles. The van der Waals surface area contributed by atoms with Crippen molar-refractivity contribution in [1.29, 1.82) is 5.26 Å². The highest BCUT2D eigenvalue weighted by atomic mass is 32.1. The van der Waals surface area contributed by atoms with E-state index in [1.165, 1.54) is 17.5 Å². The highest BCUT2D eigenvalue weighted by Crippen LogP contribution is 2.35. The molecule has 1 unspecified atom stereocenters. The van der Waals surface area contributed by atoms with Gasteiger partial charge in [0.1, 0.15) is 5.92 Å². The van der Waals surface area contributed by atoms with Crippen LogP contribution in [-0.4, -0.2) is 17.6 Å². The number of fused-ring (bicyclic) bond motifs is 1. The molecular weight excluding hydrogens is 276 g/mol. The number of carbonyl (C=O) groups excluding carboxylic acids is 1. The number of carbonyl (C=O) groups is 1. The van der Waals surface area contributed by atoms with Crippen molar-refractivity contribution in [2.24, 2.45) is 0 Å². The minimum atomic E-state index is -0.857. The molecule has 0 bridgehead atoms. The van der Waals surface area contributed by atoms with Crippen LogP contribution in [0.5, 0.6) is 11.5 Å². The van der Waals surface area contributed by atoms with Crippen LogP contribution in [0.2, 0.25) is 0 Å². The standard InChI is InChI=1S/C14H10N2O3S/c1-8-16-6-13(20-8)14(17)10(5-15)9-2-3-11-12(4-9)19-7-18-11/h2-4,6,10H,7H2,1H3. The van der Waals surface area contributed by atoms with Crippen LogP contribution in [0.25, 0.3) is 0 Å². The number of Topliss-reactive ketones (excluding diaryl/α,β-unsaturated/α-hetero) is 1. The summed E-state index contributed by atoms with van der Waals surface area (Å²) in [6, 6.07) is 7.16. The van der Waals surface area contributed by atoms with Gasteiger partial charge in [-0.15, -0.1) is 11.3 Å². The minimum absolute atomic E-state index is 0.165. The summed E-state index contributed by atoms with van der Waals surface area (Å²) >= 11 is 1.29. The molecule has 0 N–H and O–H groups in total. The van der Waals surface area contributed by atoms with Crippen molar-refractivity contribution in [1.82, 2.24) is 4.98 Å². The minimum Gasteiger partial charge on any atom is -0.454 e. The number of ether oxygens (including phenoxy) is 2. The lowest BCUT2D eigenvalue weighted by molar-refractivity contribution is 0.0982. The third-order valence-electron chi connectivity index (χ3n) is 2.99. The third kappa shape index (κ3) is 2.12. The predicted octanol–water partition coefficient (Wildman–Crippen LogP) is 2.67. The lowest BCUT2D eigenvalue weighted by Crippen LogP contribution is -2.09. The Hall–Kier alpha value is -2.39. The fraction of sp³-hybridized carbons (Fsp3) is 0.214. The van der Waals surface area contributed by atoms with Crippen LogP contribution >= 0.6 is 11.3 Å². The van der Waals surface area contributed by atoms with E-state index in [-0.39, 0.29) is 12.6 Å². The number of hydrogen-bond acceptors (Lipinski definition) is 6. The molecule has 0 amide bonds. The van der Waals surface area contributed by atoms with Crippen molar-refractivity contribution in [3.05, 3.63) is 39.8 Å². The van der Waals surface area contributed by atoms with E-state index < -0.39 is 5.92 Å². The number of ketones is 1. The average Bonchev–Trinajstić information content (AvgIpc) is 3.07. The van der Waals surface area contributed by atoms with Gasteiger partial charge in [0.05, 0.1) is 16.0 Å². The summed E-state index contributed by atoms with van der Waals surface area (Å²) in [7, 11) is 0. The van der Waals surface area contributed by atoms with Crippen molar-refractivity contribution >= 4 is 17.1 Å². The molecule has 3 rings (SSSR count). The van der Waals surface area contributed by atoms with Crippen molar-refractivity contribution in [3.8, 4) is 17.6 Å². The van der Waals surface area contributed by atoms with E-state index in [0.29, 0.717) is 21.9 Å². The second-order valence-electron chi connectivity index (χ2n) is 4.28. The van der Waals surface area contributed by atoms with E-state index >= 15 is 0 Å². The van der Waals surface area contributed by atoms with Gasteiger partial charge >= 0.3 is 0 Å². The van der Waals surface area contributed by atoms with Gasteiger partial charge in [-0.25, -0.2) is 4.98 Å². The highest BCUT2D eigenvalue weighted by molar-refractivity contribution is 7.13. The average molecular weight is 286 g/mol. The maximum atomic E-state index is 12.4. The SMILES string of the molecule is Cc1ncc(C(=O)C(C#N)c2ccc3c(c2)OCO3)s1. The summed E-state index contributed by atoms with van der Waals surface area (Å²) in [6.07, 6.45) is 1.51. The molecule has 1 atom stereocenters. The van der Waals surface area contributed by atoms with Gasteiger partial charge in [-0.3, -0.25) is 4.79 Å². The predicted molar refractivity (Wildman–Crippen MR) is 72.1 cm³/mol. The number of nitriles is 1. The summed E-state index contributed by atoms with van der Waals surface area (Å²) in [6.45, 7) is 1.99. The van der Waals surface area contributed by atoms with Crippen molar-refractivity contribution in [2.45, 2.75) is 12.8 Å². The summed E-state index contributed by atoms with van der Waals surface area (Å²) in [5, 5.41) is 10.1. The molecule has 0 saturated heterocycles. The van der Waals surface area contributed by atoms with Gasteiger partial charge in [-0.1, -0.05) is 6.07 Å². The largest absolute Gasteiger partial charge is 0.454 e. The summed E-state index contributed by atoms with van der Waals surface area (Å²) in [4.78, 5) is 16.9. The molecule has 1 aliphatic rings. The number of benzene rings is 1. The van der Waals surface area contributed by atoms with Gasteiger partial charge < -0.3 is 9.47 Å². The van der Waals surface area contributed by atoms with Crippen molar-refractivity contribution in [2.75, 3.05) is 6.79 Å². The van der Waals surface area contributed by atoms with Gasteiger partial charge in [-0.2, -0.15) is 5.26 Å². The summed E-state index contributed by atoms with van der Waals surface area (Å²) in [5.41, 5.74) is 0.604. The first-order valence-electron chi connectivity index (χ1n) is 5.95. The fourth-order valence-corrected chi connectivity index (χ4v) is 2.74. The Bertz CT molecular complexity index is 717. The van der Waals surface area contributed by atoms with Gasteiger partial charge in [0.15, 0.2) is 17.3 Å². The zero-order valence-electron chi connectivity index (χ0n) is 10.6. The number of aromatic nitrogens is 1. The number of thiazole rings is 1. The molecule has 2 aromatic rings. The van der Waals surface area contributed by atoms with Crippen LogP contribution in [0.15, 0.2) is 24.4 Å². The van der Waals surface area contributed by atoms with Gasteiger partial charge in [0, 0.05) is 6.20 Å². The monoisotopic (exact) mass is 286 g/mol. The van der Waals surface area contributed by atoms with Gasteiger partial charge in [0.2, 0.25) is 6.79 Å². The van der Waals surface area contributed by atoms with Crippen molar-refractivity contribution in [3.63, 3.8) is 0 Å². The van der Waals surface area contributed by atoms with Crippen LogP contribution in [0.4, 0.5) is 0 Å². The smallest absolute Gasteiger partial charge is 0.231 e. The lowest BCUT2D eigenvalue weighted by atomic mass is 9.95. The number of rotatable bonds is 3. The summed E-state index contributed by atoms with van der Waals surface area (Å²) < 4.78 is 10.5. The lowest BCUT2D eigenvalue weighted by Gasteiger charge is -2.07. The highest BCUT2D eigenvalue weighted by Gasteiger charge is 2.25. The zero-order valence-corrected chi connectivity index (χ0v) is 11.4. The Morgan fingerprint density at radius 2 is 2.25 bits per heavy atom. The van der Waals surface area contributed by atoms with E-state index in [0.717, 1.165) is 5.01 Å². The van der Waals surface area contributed by atoms with Crippen LogP contribution in [-0.2, 0) is 0 Å². The Labute approximate surface area is 119 Å². The van der Waals surface area contributed by atoms with Crippen LogP contribution < -0.4 is 9.47 Å². The molecule has 0 spiro atoms. The van der Waals surface area contributed by atoms with Gasteiger partial charge in [0.25, 0.3) is 0 Å². The van der Waals surface area contributed by atoms with Gasteiger partial charge in [-0.05, 0) is 24.6 Å². The van der Waals surface area contributed by atoms with E-state index in [2.05, 4.69) is 11.1 Å². The Morgan fingerprint density at radius 1 is 1.45 bits per heavy atom. The summed E-state index contributed by atoms with van der Waals surface area (Å²) in [5.74, 6) is 0.101. The molecule has 5 nitrogen and oxygen atoms in total. The molecule has 0 saturated carbocycles. The van der Waals surface area contributed by atoms with Crippen LogP contribution in [0, 0.1) is 18.3 Å². The first-order chi connectivity index (χ1) is 9.69. The number of nitrogens with zero attached hydrogens (tertiary/aromatic N) is 2. The molecule has 0 aliphatic carbocycles. The number of aryl methyl sites for hydroxylation is 1. The maximum absolute atomic E-state index is 12.4. The molecule has 0 radical (unpaired) electrons. The maximum Gasteiger partial charge on any atom is 0.231 e. The van der Waals surface area contributed by atoms with E-state index in [1.54, 1.807) is 18.2 Å². The first-order valence-corrected chi connectivity index (χ1v) is 6.76. The molecule has 1 aliphatic heterocycles. The molecule has 1 aromatic carbocycles. The molecule has 6 heteroatoms. The second kappa shape index (κ2) is 4.94. The normalized spacial score (nSPS) is 13.8. The molecule has 100 valence electrons. The zero-order chi connectivity index (χ0) is 14.1. The van der Waals surface area contributed by atoms with E-state index in [4.69, 9.17) is 9.47 Å². The van der Waals surface area contributed by atoms with Crippen LogP contribution in [0.3, 0.4) is 0 Å². The molecule has 1 aromatic heterocycles. The van der Waals surface area contributed by atoms with Crippen molar-refractivity contribution < 1.29 is 14.3 Å². The second-order valence-corrected chi connectivity index (χ2v) is 5.52. The Kier molecular flexibility index (Phi) is 3.12. The van der Waals surface area contributed by atoms with E-state index in [1.807, 2.05) is 6.92 Å². The Balaban J connectivity index is 1.94. The van der Waals surface area contributed by atoms with Crippen LogP contribution in [0.1, 0.15) is 26.2 Å². The first kappa shape index (κ1) is 12.6. The fourth-order valence-electron chi connectivity index (χ4n) is 1.99. The number of hydrogen-bond donors (Lipinski definition) is 0. The topological polar surface area (TPSA) is 72.2 Å².